The van der Waals surface area contributed by atoms with Crippen molar-refractivity contribution in [2.24, 2.45) is 5.92 Å². The van der Waals surface area contributed by atoms with Crippen LogP contribution in [0.25, 0.3) is 0 Å². The van der Waals surface area contributed by atoms with Gasteiger partial charge in [0.2, 0.25) is 12.7 Å². The molecule has 0 bridgehead atoms. The number of ether oxygens (including phenoxy) is 2. The van der Waals surface area contributed by atoms with Gasteiger partial charge in [-0.2, -0.15) is 0 Å². The summed E-state index contributed by atoms with van der Waals surface area (Å²) in [5.74, 6) is -0.447. The number of carboxylic acids is 1. The number of rotatable bonds is 10. The van der Waals surface area contributed by atoms with E-state index in [9.17, 15) is 14.7 Å². The second-order valence-electron chi connectivity index (χ2n) is 10.7. The summed E-state index contributed by atoms with van der Waals surface area (Å²) in [6.07, 6.45) is 3.14. The maximum absolute atomic E-state index is 14.1. The Morgan fingerprint density at radius 1 is 1.00 bits per heavy atom. The number of nitrogens with zero attached hydrogens (tertiary/aromatic N) is 2. The molecule has 0 saturated carbocycles. The molecule has 3 aromatic carbocycles. The van der Waals surface area contributed by atoms with E-state index in [1.807, 2.05) is 66.4 Å². The Balaban J connectivity index is 1.62. The van der Waals surface area contributed by atoms with E-state index < -0.39 is 17.4 Å². The van der Waals surface area contributed by atoms with Gasteiger partial charge in [0.25, 0.3) is 0 Å². The third-order valence-electron chi connectivity index (χ3n) is 8.28. The van der Waals surface area contributed by atoms with Crippen molar-refractivity contribution in [2.75, 3.05) is 31.3 Å². The number of carbonyl (C=O) groups is 2. The maximum Gasteiger partial charge on any atom is 0.309 e. The quantitative estimate of drug-likeness (QED) is 0.350. The van der Waals surface area contributed by atoms with Crippen LogP contribution >= 0.6 is 0 Å². The molecule has 2 heterocycles. The average molecular weight is 543 g/mol. The van der Waals surface area contributed by atoms with E-state index in [4.69, 9.17) is 9.47 Å². The van der Waals surface area contributed by atoms with Crippen molar-refractivity contribution in [1.82, 2.24) is 4.90 Å². The van der Waals surface area contributed by atoms with Crippen molar-refractivity contribution >= 4 is 17.6 Å². The van der Waals surface area contributed by atoms with Gasteiger partial charge in [0.15, 0.2) is 11.5 Å². The van der Waals surface area contributed by atoms with Crippen molar-refractivity contribution in [3.05, 3.63) is 89.0 Å². The molecule has 1 fully saturated rings. The Morgan fingerprint density at radius 3 is 2.45 bits per heavy atom. The zero-order valence-corrected chi connectivity index (χ0v) is 23.6. The summed E-state index contributed by atoms with van der Waals surface area (Å²) in [6.45, 7) is 7.53. The first-order valence-corrected chi connectivity index (χ1v) is 14.2. The molecule has 1 amide bonds. The van der Waals surface area contributed by atoms with Gasteiger partial charge < -0.3 is 19.5 Å². The van der Waals surface area contributed by atoms with Crippen LogP contribution in [0.3, 0.4) is 0 Å². The van der Waals surface area contributed by atoms with E-state index in [0.717, 1.165) is 41.6 Å². The van der Waals surface area contributed by atoms with E-state index in [1.54, 1.807) is 0 Å². The van der Waals surface area contributed by atoms with Crippen LogP contribution in [0.2, 0.25) is 0 Å². The molecule has 3 aromatic rings. The first-order valence-electron chi connectivity index (χ1n) is 14.2. The van der Waals surface area contributed by atoms with Gasteiger partial charge in [0.1, 0.15) is 0 Å². The van der Waals surface area contributed by atoms with Crippen molar-refractivity contribution in [3.63, 3.8) is 0 Å². The lowest BCUT2D eigenvalue weighted by atomic mass is 9.73. The van der Waals surface area contributed by atoms with E-state index in [0.29, 0.717) is 31.0 Å². The SMILES string of the molecule is CCCCN(C(=O)CN1CC[C@H](C(=O)O)[C@]1(c1ccc(CC)cc1)c1ccc2c(c1)OCO2)c1cccc(C)c1. The molecule has 40 heavy (non-hydrogen) atoms. The maximum atomic E-state index is 14.1. The molecule has 2 aliphatic rings. The van der Waals surface area contributed by atoms with E-state index in [2.05, 4.69) is 30.9 Å². The highest BCUT2D eigenvalue weighted by atomic mass is 16.7. The molecule has 0 aromatic heterocycles. The van der Waals surface area contributed by atoms with Crippen LogP contribution in [0, 0.1) is 12.8 Å². The van der Waals surface area contributed by atoms with Gasteiger partial charge >= 0.3 is 5.97 Å². The second kappa shape index (κ2) is 11.7. The molecule has 0 radical (unpaired) electrons. The summed E-state index contributed by atoms with van der Waals surface area (Å²) in [6, 6.07) is 21.8. The number of unbranched alkanes of at least 4 members (excludes halogenated alkanes) is 1. The van der Waals surface area contributed by atoms with Crippen molar-refractivity contribution < 1.29 is 24.2 Å². The molecule has 5 rings (SSSR count). The third-order valence-corrected chi connectivity index (χ3v) is 8.28. The fourth-order valence-electron chi connectivity index (χ4n) is 6.22. The number of likely N-dealkylation sites (tertiary alicyclic amines) is 1. The smallest absolute Gasteiger partial charge is 0.309 e. The predicted octanol–water partition coefficient (Wildman–Crippen LogP) is 5.77. The lowest BCUT2D eigenvalue weighted by molar-refractivity contribution is -0.144. The fraction of sp³-hybridized carbons (Fsp3) is 0.394. The molecular formula is C33H38N2O5. The van der Waals surface area contributed by atoms with Gasteiger partial charge in [-0.1, -0.05) is 62.7 Å². The standard InChI is InChI=1S/C33H38N2O5/c1-4-6-17-35(27-9-7-8-23(3)19-27)31(36)21-34-18-16-28(32(37)38)33(34,25-12-10-24(5-2)11-13-25)26-14-15-29-30(20-26)40-22-39-29/h7-15,19-20,28H,4-6,16-18,21-22H2,1-3H3,(H,37,38)/t28-,33+/m1/s1. The molecular weight excluding hydrogens is 504 g/mol. The molecule has 7 nitrogen and oxygen atoms in total. The van der Waals surface area contributed by atoms with Crippen molar-refractivity contribution in [3.8, 4) is 11.5 Å². The van der Waals surface area contributed by atoms with Gasteiger partial charge in [-0.3, -0.25) is 14.5 Å². The third kappa shape index (κ3) is 5.06. The zero-order valence-electron chi connectivity index (χ0n) is 23.6. The number of hydrogen-bond acceptors (Lipinski definition) is 5. The molecule has 2 atom stereocenters. The van der Waals surface area contributed by atoms with Crippen LogP contribution < -0.4 is 14.4 Å². The van der Waals surface area contributed by atoms with Crippen LogP contribution in [0.15, 0.2) is 66.7 Å². The molecule has 0 unspecified atom stereocenters. The molecule has 210 valence electrons. The number of carboxylic acid groups (broad SMARTS) is 1. The van der Waals surface area contributed by atoms with E-state index >= 15 is 0 Å². The van der Waals surface area contributed by atoms with Crippen molar-refractivity contribution in [2.45, 2.75) is 52.0 Å². The van der Waals surface area contributed by atoms with Gasteiger partial charge in [0.05, 0.1) is 18.0 Å². The number of anilines is 1. The number of carbonyl (C=O) groups excluding carboxylic acids is 1. The first-order chi connectivity index (χ1) is 19.4. The summed E-state index contributed by atoms with van der Waals surface area (Å²) in [7, 11) is 0. The average Bonchev–Trinajstić information content (AvgIpc) is 3.58. The molecule has 2 aliphatic heterocycles. The number of aryl methyl sites for hydroxylation is 2. The summed E-state index contributed by atoms with van der Waals surface area (Å²) < 4.78 is 11.3. The van der Waals surface area contributed by atoms with Crippen LogP contribution in [0.4, 0.5) is 5.69 Å². The summed E-state index contributed by atoms with van der Waals surface area (Å²) in [4.78, 5) is 31.0. The van der Waals surface area contributed by atoms with Gasteiger partial charge in [-0.25, -0.2) is 0 Å². The number of amides is 1. The zero-order chi connectivity index (χ0) is 28.3. The molecule has 0 aliphatic carbocycles. The molecule has 7 heteroatoms. The minimum Gasteiger partial charge on any atom is -0.481 e. The lowest BCUT2D eigenvalue weighted by Gasteiger charge is -2.43. The van der Waals surface area contributed by atoms with Gasteiger partial charge in [-0.15, -0.1) is 0 Å². The summed E-state index contributed by atoms with van der Waals surface area (Å²) >= 11 is 0. The monoisotopic (exact) mass is 542 g/mol. The van der Waals surface area contributed by atoms with Crippen molar-refractivity contribution in [1.29, 1.82) is 0 Å². The highest BCUT2D eigenvalue weighted by Gasteiger charge is 2.55. The Hall–Kier alpha value is -3.84. The lowest BCUT2D eigenvalue weighted by Crippen LogP contribution is -2.52. The van der Waals surface area contributed by atoms with Crippen LogP contribution in [-0.2, 0) is 21.5 Å². The topological polar surface area (TPSA) is 79.3 Å². The van der Waals surface area contributed by atoms with Crippen LogP contribution in [0.5, 0.6) is 11.5 Å². The Bertz CT molecular complexity index is 1370. The van der Waals surface area contributed by atoms with Gasteiger partial charge in [0, 0.05) is 18.8 Å². The molecule has 0 spiro atoms. The number of aliphatic carboxylic acids is 1. The number of fused-ring (bicyclic) bond motifs is 1. The minimum atomic E-state index is -1.06. The largest absolute Gasteiger partial charge is 0.481 e. The van der Waals surface area contributed by atoms with Crippen LogP contribution in [0.1, 0.15) is 55.4 Å². The Morgan fingerprint density at radius 2 is 1.75 bits per heavy atom. The summed E-state index contributed by atoms with van der Waals surface area (Å²) in [5.41, 5.74) is 3.71. The predicted molar refractivity (Wildman–Crippen MR) is 155 cm³/mol. The Kier molecular flexibility index (Phi) is 8.12. The van der Waals surface area contributed by atoms with E-state index in [-0.39, 0.29) is 19.2 Å². The Labute approximate surface area is 236 Å². The summed E-state index contributed by atoms with van der Waals surface area (Å²) in [5, 5.41) is 10.6. The normalized spacial score (nSPS) is 20.0. The number of hydrogen-bond donors (Lipinski definition) is 1. The van der Waals surface area contributed by atoms with Crippen LogP contribution in [-0.4, -0.2) is 48.3 Å². The van der Waals surface area contributed by atoms with Gasteiger partial charge in [-0.05, 0) is 72.7 Å². The first kappa shape index (κ1) is 27.7. The second-order valence-corrected chi connectivity index (χ2v) is 10.7. The molecule has 1 N–H and O–H groups in total. The highest BCUT2D eigenvalue weighted by Crippen LogP contribution is 2.50. The fourth-order valence-corrected chi connectivity index (χ4v) is 6.22. The minimum absolute atomic E-state index is 0.0413. The molecule has 1 saturated heterocycles. The van der Waals surface area contributed by atoms with E-state index in [1.165, 1.54) is 5.56 Å². The highest BCUT2D eigenvalue weighted by molar-refractivity contribution is 5.95. The number of benzene rings is 3.